The lowest BCUT2D eigenvalue weighted by atomic mass is 10.1. The average Bonchev–Trinajstić information content (AvgIpc) is 3.46. The Kier molecular flexibility index (Phi) is 5.83. The first kappa shape index (κ1) is 19.8. The first-order valence-corrected chi connectivity index (χ1v) is 10.5. The van der Waals surface area contributed by atoms with Gasteiger partial charge in [0.05, 0.1) is 18.1 Å². The lowest BCUT2D eigenvalue weighted by Crippen LogP contribution is -2.42. The van der Waals surface area contributed by atoms with Crippen molar-refractivity contribution >= 4 is 21.9 Å². The van der Waals surface area contributed by atoms with Crippen LogP contribution in [-0.4, -0.2) is 62.1 Å². The van der Waals surface area contributed by atoms with E-state index >= 15 is 0 Å². The van der Waals surface area contributed by atoms with E-state index in [1.165, 1.54) is 16.4 Å². The van der Waals surface area contributed by atoms with Crippen LogP contribution in [0.25, 0.3) is 0 Å². The summed E-state index contributed by atoms with van der Waals surface area (Å²) in [6.45, 7) is 2.86. The van der Waals surface area contributed by atoms with E-state index in [0.29, 0.717) is 31.1 Å². The molecule has 1 atom stereocenters. The quantitative estimate of drug-likeness (QED) is 0.711. The molecule has 9 heteroatoms. The van der Waals surface area contributed by atoms with Crippen molar-refractivity contribution in [1.82, 2.24) is 9.62 Å². The minimum Gasteiger partial charge on any atom is -0.480 e. The zero-order chi connectivity index (χ0) is 19.6. The largest absolute Gasteiger partial charge is 0.480 e. The van der Waals surface area contributed by atoms with Crippen LogP contribution in [0, 0.1) is 12.8 Å². The van der Waals surface area contributed by atoms with E-state index in [1.54, 1.807) is 13.0 Å². The van der Waals surface area contributed by atoms with Crippen molar-refractivity contribution in [3.8, 4) is 0 Å². The van der Waals surface area contributed by atoms with Gasteiger partial charge in [-0.3, -0.25) is 4.79 Å². The third-order valence-electron chi connectivity index (χ3n) is 4.91. The number of rotatable bonds is 7. The Morgan fingerprint density at radius 3 is 2.56 bits per heavy atom. The molecule has 1 unspecified atom stereocenters. The van der Waals surface area contributed by atoms with E-state index in [9.17, 15) is 23.1 Å². The van der Waals surface area contributed by atoms with E-state index in [1.807, 2.05) is 0 Å². The smallest absolute Gasteiger partial charge is 0.326 e. The molecule has 1 aliphatic carbocycles. The van der Waals surface area contributed by atoms with Crippen molar-refractivity contribution < 1.29 is 27.9 Å². The summed E-state index contributed by atoms with van der Waals surface area (Å²) in [4.78, 5) is 24.0. The number of ether oxygens (including phenoxy) is 1. The zero-order valence-electron chi connectivity index (χ0n) is 15.2. The first-order valence-electron chi connectivity index (χ1n) is 9.01. The maximum absolute atomic E-state index is 12.9. The van der Waals surface area contributed by atoms with Gasteiger partial charge < -0.3 is 15.2 Å². The summed E-state index contributed by atoms with van der Waals surface area (Å²) in [6.07, 6.45) is 2.35. The highest BCUT2D eigenvalue weighted by Gasteiger charge is 2.31. The van der Waals surface area contributed by atoms with E-state index < -0.39 is 27.9 Å². The van der Waals surface area contributed by atoms with Crippen LogP contribution >= 0.6 is 0 Å². The molecule has 27 heavy (non-hydrogen) atoms. The number of carboxylic acids is 1. The van der Waals surface area contributed by atoms with Gasteiger partial charge in [-0.05, 0) is 37.0 Å². The number of morpholine rings is 1. The Bertz CT molecular complexity index is 828. The Morgan fingerprint density at radius 2 is 1.96 bits per heavy atom. The molecule has 1 aliphatic heterocycles. The van der Waals surface area contributed by atoms with Crippen molar-refractivity contribution in [3.63, 3.8) is 0 Å². The average molecular weight is 396 g/mol. The van der Waals surface area contributed by atoms with Crippen LogP contribution in [0.3, 0.4) is 0 Å². The number of carbonyl (C=O) groups excluding carboxylic acids is 1. The molecule has 1 aromatic rings. The van der Waals surface area contributed by atoms with E-state index in [2.05, 4.69) is 5.32 Å². The van der Waals surface area contributed by atoms with Gasteiger partial charge in [-0.2, -0.15) is 4.31 Å². The van der Waals surface area contributed by atoms with Crippen LogP contribution in [0.5, 0.6) is 0 Å². The lowest BCUT2D eigenvalue weighted by Gasteiger charge is -2.26. The predicted molar refractivity (Wildman–Crippen MR) is 97.0 cm³/mol. The predicted octanol–water partition coefficient (Wildman–Crippen LogP) is 0.999. The second-order valence-electron chi connectivity index (χ2n) is 7.04. The fraction of sp³-hybridized carbons (Fsp3) is 0.556. The fourth-order valence-corrected chi connectivity index (χ4v) is 4.75. The Hall–Kier alpha value is -1.97. The number of amides is 1. The molecule has 1 aromatic carbocycles. The highest BCUT2D eigenvalue weighted by Crippen LogP contribution is 2.33. The van der Waals surface area contributed by atoms with Gasteiger partial charge in [0, 0.05) is 18.7 Å². The van der Waals surface area contributed by atoms with E-state index in [0.717, 1.165) is 12.8 Å². The molecule has 2 aliphatic rings. The second kappa shape index (κ2) is 7.95. The van der Waals surface area contributed by atoms with E-state index in [-0.39, 0.29) is 23.5 Å². The second-order valence-corrected chi connectivity index (χ2v) is 8.95. The molecule has 2 fully saturated rings. The Morgan fingerprint density at radius 1 is 1.30 bits per heavy atom. The molecule has 1 saturated heterocycles. The van der Waals surface area contributed by atoms with Gasteiger partial charge in [0.1, 0.15) is 6.04 Å². The Labute approximate surface area is 158 Å². The summed E-state index contributed by atoms with van der Waals surface area (Å²) >= 11 is 0. The number of carbonyl (C=O) groups is 2. The number of nitrogens with one attached hydrogen (secondary N) is 1. The summed E-state index contributed by atoms with van der Waals surface area (Å²) in [6, 6.07) is 3.44. The number of carboxylic acid groups (broad SMARTS) is 1. The number of benzene rings is 1. The molecule has 3 rings (SSSR count). The molecule has 0 bridgehead atoms. The molecule has 1 saturated carbocycles. The first-order chi connectivity index (χ1) is 12.8. The van der Waals surface area contributed by atoms with Crippen LogP contribution in [-0.2, 0) is 19.6 Å². The van der Waals surface area contributed by atoms with Gasteiger partial charge in [-0.25, -0.2) is 13.2 Å². The van der Waals surface area contributed by atoms with Crippen LogP contribution in [0.4, 0.5) is 0 Å². The topological polar surface area (TPSA) is 113 Å². The molecule has 0 aromatic heterocycles. The van der Waals surface area contributed by atoms with Gasteiger partial charge in [0.2, 0.25) is 10.0 Å². The van der Waals surface area contributed by atoms with Gasteiger partial charge in [0.15, 0.2) is 0 Å². The lowest BCUT2D eigenvalue weighted by molar-refractivity contribution is -0.139. The third kappa shape index (κ3) is 4.66. The SMILES string of the molecule is Cc1ccc(C(=O)NC(CC2CC2)C(=O)O)cc1S(=O)(=O)N1CCOCC1. The van der Waals surface area contributed by atoms with Crippen LogP contribution < -0.4 is 5.32 Å². The minimum absolute atomic E-state index is 0.0612. The van der Waals surface area contributed by atoms with Crippen molar-refractivity contribution in [2.75, 3.05) is 26.3 Å². The van der Waals surface area contributed by atoms with Gasteiger partial charge >= 0.3 is 5.97 Å². The summed E-state index contributed by atoms with van der Waals surface area (Å²) in [5.41, 5.74) is 0.667. The monoisotopic (exact) mass is 396 g/mol. The number of hydrogen-bond donors (Lipinski definition) is 2. The van der Waals surface area contributed by atoms with Gasteiger partial charge in [0.25, 0.3) is 5.91 Å². The highest BCUT2D eigenvalue weighted by atomic mass is 32.2. The fourth-order valence-electron chi connectivity index (χ4n) is 3.10. The molecular weight excluding hydrogens is 372 g/mol. The maximum Gasteiger partial charge on any atom is 0.326 e. The van der Waals surface area contributed by atoms with Crippen molar-refractivity contribution in [2.45, 2.75) is 37.1 Å². The molecule has 148 valence electrons. The molecular formula is C18H24N2O6S. The third-order valence-corrected chi connectivity index (χ3v) is 6.95. The summed E-state index contributed by atoms with van der Waals surface area (Å²) in [7, 11) is -3.75. The number of aryl methyl sites for hydroxylation is 1. The summed E-state index contributed by atoms with van der Waals surface area (Å²) in [5, 5.41) is 11.8. The molecule has 0 radical (unpaired) electrons. The minimum atomic E-state index is -3.75. The van der Waals surface area contributed by atoms with Crippen molar-refractivity contribution in [3.05, 3.63) is 29.3 Å². The van der Waals surface area contributed by atoms with Crippen molar-refractivity contribution in [2.24, 2.45) is 5.92 Å². The van der Waals surface area contributed by atoms with Crippen molar-refractivity contribution in [1.29, 1.82) is 0 Å². The number of hydrogen-bond acceptors (Lipinski definition) is 5. The Balaban J connectivity index is 1.81. The van der Waals surface area contributed by atoms with Crippen LogP contribution in [0.1, 0.15) is 35.2 Å². The van der Waals surface area contributed by atoms with Crippen LogP contribution in [0.2, 0.25) is 0 Å². The number of sulfonamides is 1. The standard InChI is InChI=1S/C18H24N2O6S/c1-12-2-5-14(17(21)19-15(18(22)23)10-13-3-4-13)11-16(12)27(24,25)20-6-8-26-9-7-20/h2,5,11,13,15H,3-4,6-10H2,1H3,(H,19,21)(H,22,23). The normalized spacial score (nSPS) is 19.4. The van der Waals surface area contributed by atoms with Gasteiger partial charge in [-0.15, -0.1) is 0 Å². The highest BCUT2D eigenvalue weighted by molar-refractivity contribution is 7.89. The van der Waals surface area contributed by atoms with E-state index in [4.69, 9.17) is 4.74 Å². The summed E-state index contributed by atoms with van der Waals surface area (Å²) in [5.74, 6) is -1.33. The maximum atomic E-state index is 12.9. The summed E-state index contributed by atoms with van der Waals surface area (Å²) < 4.78 is 32.4. The molecule has 8 nitrogen and oxygen atoms in total. The number of aliphatic carboxylic acids is 1. The zero-order valence-corrected chi connectivity index (χ0v) is 16.0. The molecule has 0 spiro atoms. The van der Waals surface area contributed by atoms with Crippen LogP contribution in [0.15, 0.2) is 23.1 Å². The molecule has 2 N–H and O–H groups in total. The molecule has 1 amide bonds. The number of nitrogens with zero attached hydrogens (tertiary/aromatic N) is 1. The van der Waals surface area contributed by atoms with Gasteiger partial charge in [-0.1, -0.05) is 18.9 Å². The molecule has 1 heterocycles.